The van der Waals surface area contributed by atoms with E-state index in [2.05, 4.69) is 9.82 Å². The first kappa shape index (κ1) is 14.8. The molecule has 1 aliphatic heterocycles. The lowest BCUT2D eigenvalue weighted by atomic mass is 10.1. The fourth-order valence-corrected chi connectivity index (χ4v) is 3.09. The molecule has 1 saturated heterocycles. The first-order valence-corrected chi connectivity index (χ1v) is 8.26. The molecule has 0 spiro atoms. The molecule has 1 fully saturated rings. The lowest BCUT2D eigenvalue weighted by Crippen LogP contribution is -2.47. The van der Waals surface area contributed by atoms with Crippen LogP contribution in [0.1, 0.15) is 12.8 Å². The number of nitrogens with one attached hydrogen (secondary N) is 1. The number of nitrogens with two attached hydrogens (primary N) is 1. The first-order valence-electron chi connectivity index (χ1n) is 6.37. The number of sulfonamides is 1. The van der Waals surface area contributed by atoms with Crippen molar-refractivity contribution in [2.45, 2.75) is 25.4 Å². The average molecular weight is 301 g/mol. The Kier molecular flexibility index (Phi) is 4.29. The molecule has 0 aromatic carbocycles. The van der Waals surface area contributed by atoms with E-state index in [9.17, 15) is 13.2 Å². The first-order chi connectivity index (χ1) is 9.33. The molecule has 0 atom stereocenters. The van der Waals surface area contributed by atoms with Gasteiger partial charge in [0, 0.05) is 25.3 Å². The zero-order valence-electron chi connectivity index (χ0n) is 11.3. The number of piperidine rings is 1. The van der Waals surface area contributed by atoms with E-state index in [-0.39, 0.29) is 18.5 Å². The van der Waals surface area contributed by atoms with Gasteiger partial charge in [0.05, 0.1) is 6.26 Å². The van der Waals surface area contributed by atoms with Crippen molar-refractivity contribution in [3.05, 3.63) is 12.3 Å². The maximum atomic E-state index is 12.1. The normalized spacial score (nSPS) is 17.4. The van der Waals surface area contributed by atoms with Gasteiger partial charge in [-0.3, -0.25) is 9.48 Å². The zero-order valence-corrected chi connectivity index (χ0v) is 12.1. The van der Waals surface area contributed by atoms with Crippen molar-refractivity contribution >= 4 is 21.7 Å². The molecular weight excluding hydrogens is 282 g/mol. The Labute approximate surface area is 118 Å². The number of carbonyl (C=O) groups excluding carboxylic acids is 1. The molecule has 1 aromatic heterocycles. The van der Waals surface area contributed by atoms with Crippen molar-refractivity contribution in [1.29, 1.82) is 0 Å². The van der Waals surface area contributed by atoms with Crippen molar-refractivity contribution in [3.8, 4) is 0 Å². The Morgan fingerprint density at radius 2 is 2.15 bits per heavy atom. The molecule has 112 valence electrons. The van der Waals surface area contributed by atoms with Crippen LogP contribution in [0.3, 0.4) is 0 Å². The molecule has 8 nitrogen and oxygen atoms in total. The van der Waals surface area contributed by atoms with Crippen LogP contribution in [-0.2, 0) is 21.4 Å². The standard InChI is InChI=1S/C11H19N5O3S/c1-20(18,19)14-9-2-5-15(6-3-9)11(17)8-16-7-4-10(12)13-16/h4,7,9,14H,2-3,5-6,8H2,1H3,(H2,12,13). The summed E-state index contributed by atoms with van der Waals surface area (Å²) in [5.41, 5.74) is 5.49. The van der Waals surface area contributed by atoms with E-state index in [0.29, 0.717) is 31.7 Å². The van der Waals surface area contributed by atoms with Gasteiger partial charge in [-0.1, -0.05) is 0 Å². The van der Waals surface area contributed by atoms with Crippen molar-refractivity contribution in [2.75, 3.05) is 25.1 Å². The molecule has 1 amide bonds. The number of anilines is 1. The highest BCUT2D eigenvalue weighted by Crippen LogP contribution is 2.12. The Morgan fingerprint density at radius 1 is 1.50 bits per heavy atom. The van der Waals surface area contributed by atoms with E-state index < -0.39 is 10.0 Å². The van der Waals surface area contributed by atoms with Gasteiger partial charge in [-0.2, -0.15) is 5.10 Å². The SMILES string of the molecule is CS(=O)(=O)NC1CCN(C(=O)Cn2ccc(N)n2)CC1. The fourth-order valence-electron chi connectivity index (χ4n) is 2.25. The summed E-state index contributed by atoms with van der Waals surface area (Å²) in [6.45, 7) is 1.24. The molecule has 9 heteroatoms. The largest absolute Gasteiger partial charge is 0.382 e. The Hall–Kier alpha value is -1.61. The molecule has 0 aliphatic carbocycles. The fraction of sp³-hybridized carbons (Fsp3) is 0.636. The second-order valence-corrected chi connectivity index (χ2v) is 6.76. The molecule has 2 heterocycles. The van der Waals surface area contributed by atoms with E-state index in [1.807, 2.05) is 0 Å². The van der Waals surface area contributed by atoms with Gasteiger partial charge in [-0.25, -0.2) is 13.1 Å². The lowest BCUT2D eigenvalue weighted by Gasteiger charge is -2.32. The van der Waals surface area contributed by atoms with Crippen LogP contribution in [0, 0.1) is 0 Å². The number of nitrogens with zero attached hydrogens (tertiary/aromatic N) is 3. The average Bonchev–Trinajstić information content (AvgIpc) is 2.73. The minimum Gasteiger partial charge on any atom is -0.382 e. The number of aromatic nitrogens is 2. The summed E-state index contributed by atoms with van der Waals surface area (Å²) in [5, 5.41) is 3.96. The summed E-state index contributed by atoms with van der Waals surface area (Å²) >= 11 is 0. The van der Waals surface area contributed by atoms with E-state index in [4.69, 9.17) is 5.73 Å². The predicted octanol–water partition coefficient (Wildman–Crippen LogP) is -0.994. The molecular formula is C11H19N5O3S. The Balaban J connectivity index is 1.83. The van der Waals surface area contributed by atoms with Crippen LogP contribution >= 0.6 is 0 Å². The van der Waals surface area contributed by atoms with Gasteiger partial charge >= 0.3 is 0 Å². The summed E-state index contributed by atoms with van der Waals surface area (Å²) in [7, 11) is -3.19. The minimum absolute atomic E-state index is 0.0362. The molecule has 0 bridgehead atoms. The van der Waals surface area contributed by atoms with Gasteiger partial charge in [0.1, 0.15) is 12.4 Å². The van der Waals surface area contributed by atoms with Gasteiger partial charge < -0.3 is 10.6 Å². The maximum absolute atomic E-state index is 12.1. The molecule has 1 aliphatic rings. The summed E-state index contributed by atoms with van der Waals surface area (Å²) in [6, 6.07) is 1.55. The molecule has 2 rings (SSSR count). The Bertz CT molecular complexity index is 575. The number of hydrogen-bond donors (Lipinski definition) is 2. The van der Waals surface area contributed by atoms with Gasteiger partial charge in [-0.05, 0) is 18.9 Å². The van der Waals surface area contributed by atoms with Crippen molar-refractivity contribution < 1.29 is 13.2 Å². The van der Waals surface area contributed by atoms with Crippen LogP contribution in [0.4, 0.5) is 5.82 Å². The van der Waals surface area contributed by atoms with Gasteiger partial charge in [0.2, 0.25) is 15.9 Å². The lowest BCUT2D eigenvalue weighted by molar-refractivity contribution is -0.133. The van der Waals surface area contributed by atoms with Crippen molar-refractivity contribution in [3.63, 3.8) is 0 Å². The molecule has 20 heavy (non-hydrogen) atoms. The predicted molar refractivity (Wildman–Crippen MR) is 74.2 cm³/mol. The third-order valence-electron chi connectivity index (χ3n) is 3.19. The minimum atomic E-state index is -3.19. The summed E-state index contributed by atoms with van der Waals surface area (Å²) < 4.78 is 26.4. The number of rotatable bonds is 4. The number of nitrogen functional groups attached to an aromatic ring is 1. The number of carbonyl (C=O) groups is 1. The monoisotopic (exact) mass is 301 g/mol. The van der Waals surface area contributed by atoms with E-state index >= 15 is 0 Å². The highest BCUT2D eigenvalue weighted by Gasteiger charge is 2.24. The van der Waals surface area contributed by atoms with Crippen molar-refractivity contribution in [1.82, 2.24) is 19.4 Å². The highest BCUT2D eigenvalue weighted by atomic mass is 32.2. The molecule has 0 saturated carbocycles. The van der Waals surface area contributed by atoms with Crippen LogP contribution < -0.4 is 10.5 Å². The quantitative estimate of drug-likeness (QED) is 0.741. The van der Waals surface area contributed by atoms with E-state index in [0.717, 1.165) is 6.26 Å². The van der Waals surface area contributed by atoms with E-state index in [1.54, 1.807) is 17.2 Å². The number of amides is 1. The van der Waals surface area contributed by atoms with Gasteiger partial charge in [0.15, 0.2) is 0 Å². The summed E-state index contributed by atoms with van der Waals surface area (Å²) in [5.74, 6) is 0.347. The topological polar surface area (TPSA) is 110 Å². The third kappa shape index (κ3) is 4.20. The van der Waals surface area contributed by atoms with Gasteiger partial charge in [-0.15, -0.1) is 0 Å². The third-order valence-corrected chi connectivity index (χ3v) is 3.95. The molecule has 0 radical (unpaired) electrons. The zero-order chi connectivity index (χ0) is 14.8. The van der Waals surface area contributed by atoms with Crippen LogP contribution in [0.25, 0.3) is 0 Å². The Morgan fingerprint density at radius 3 is 2.65 bits per heavy atom. The molecule has 3 N–H and O–H groups in total. The van der Waals surface area contributed by atoms with Gasteiger partial charge in [0.25, 0.3) is 0 Å². The number of likely N-dealkylation sites (tertiary alicyclic amines) is 1. The summed E-state index contributed by atoms with van der Waals surface area (Å²) in [4.78, 5) is 13.8. The van der Waals surface area contributed by atoms with Crippen LogP contribution in [0.5, 0.6) is 0 Å². The van der Waals surface area contributed by atoms with E-state index in [1.165, 1.54) is 4.68 Å². The summed E-state index contributed by atoms with van der Waals surface area (Å²) in [6.07, 6.45) is 4.05. The van der Waals surface area contributed by atoms with Crippen LogP contribution in [0.15, 0.2) is 12.3 Å². The highest BCUT2D eigenvalue weighted by molar-refractivity contribution is 7.88. The molecule has 1 aromatic rings. The second-order valence-electron chi connectivity index (χ2n) is 4.98. The van der Waals surface area contributed by atoms with Crippen molar-refractivity contribution in [2.24, 2.45) is 0 Å². The maximum Gasteiger partial charge on any atom is 0.244 e. The number of hydrogen-bond acceptors (Lipinski definition) is 5. The van der Waals surface area contributed by atoms with Crippen LogP contribution in [-0.4, -0.2) is 54.4 Å². The smallest absolute Gasteiger partial charge is 0.244 e. The second kappa shape index (κ2) is 5.80. The molecule has 0 unspecified atom stereocenters. The van der Waals surface area contributed by atoms with Crippen LogP contribution in [0.2, 0.25) is 0 Å².